The molecule has 0 spiro atoms. The Hall–Kier alpha value is -1.24. The van der Waals surface area contributed by atoms with E-state index in [-0.39, 0.29) is 0 Å². The Balaban J connectivity index is 2.40. The molecule has 0 fully saturated rings. The Morgan fingerprint density at radius 1 is 1.44 bits per heavy atom. The zero-order valence-electron chi connectivity index (χ0n) is 9.29. The molecule has 1 N–H and O–H groups in total. The largest absolute Gasteiger partial charge is 0.491 e. The summed E-state index contributed by atoms with van der Waals surface area (Å²) in [4.78, 5) is 0. The van der Waals surface area contributed by atoms with E-state index < -0.39 is 0 Å². The van der Waals surface area contributed by atoms with Crippen molar-refractivity contribution >= 4 is 11.6 Å². The van der Waals surface area contributed by atoms with Gasteiger partial charge >= 0.3 is 0 Å². The first kappa shape index (κ1) is 12.8. The molecular formula is C12H15ClN2O. The van der Waals surface area contributed by atoms with E-state index in [1.54, 1.807) is 18.2 Å². The third-order valence-electron chi connectivity index (χ3n) is 2.02. The molecule has 0 amide bonds. The number of nitriles is 1. The van der Waals surface area contributed by atoms with Gasteiger partial charge in [-0.15, -0.1) is 0 Å². The Morgan fingerprint density at radius 3 is 2.88 bits per heavy atom. The van der Waals surface area contributed by atoms with E-state index in [9.17, 15) is 0 Å². The summed E-state index contributed by atoms with van der Waals surface area (Å²) >= 11 is 5.95. The first-order valence-electron chi connectivity index (χ1n) is 5.31. The van der Waals surface area contributed by atoms with Crippen molar-refractivity contribution in [1.29, 1.82) is 5.26 Å². The average Bonchev–Trinajstić information content (AvgIpc) is 2.30. The third kappa shape index (κ3) is 4.09. The lowest BCUT2D eigenvalue weighted by molar-refractivity contribution is 0.314. The lowest BCUT2D eigenvalue weighted by Gasteiger charge is -2.08. The fourth-order valence-corrected chi connectivity index (χ4v) is 1.46. The van der Waals surface area contributed by atoms with Gasteiger partial charge in [-0.1, -0.05) is 18.5 Å². The standard InChI is InChI=1S/C12H15ClN2O/c1-2-5-15-6-7-16-12-4-3-10(9-14)8-11(12)13/h3-4,8,15H,2,5-7H2,1H3. The zero-order chi connectivity index (χ0) is 11.8. The van der Waals surface area contributed by atoms with Crippen molar-refractivity contribution in [2.75, 3.05) is 19.7 Å². The van der Waals surface area contributed by atoms with E-state index in [4.69, 9.17) is 21.6 Å². The smallest absolute Gasteiger partial charge is 0.138 e. The topological polar surface area (TPSA) is 45.0 Å². The van der Waals surface area contributed by atoms with Crippen molar-refractivity contribution in [3.05, 3.63) is 28.8 Å². The first-order valence-corrected chi connectivity index (χ1v) is 5.69. The number of hydrogen-bond donors (Lipinski definition) is 1. The normalized spacial score (nSPS) is 9.81. The van der Waals surface area contributed by atoms with Gasteiger partial charge in [-0.25, -0.2) is 0 Å². The van der Waals surface area contributed by atoms with E-state index in [1.165, 1.54) is 0 Å². The molecular weight excluding hydrogens is 224 g/mol. The second kappa shape index (κ2) is 7.10. The van der Waals surface area contributed by atoms with Gasteiger partial charge in [0.05, 0.1) is 16.7 Å². The Kier molecular flexibility index (Phi) is 5.69. The van der Waals surface area contributed by atoms with Crippen LogP contribution in [0.1, 0.15) is 18.9 Å². The molecule has 0 aliphatic heterocycles. The number of benzene rings is 1. The second-order valence-electron chi connectivity index (χ2n) is 3.36. The van der Waals surface area contributed by atoms with E-state index in [2.05, 4.69) is 12.2 Å². The van der Waals surface area contributed by atoms with Crippen molar-refractivity contribution in [3.8, 4) is 11.8 Å². The van der Waals surface area contributed by atoms with Crippen molar-refractivity contribution < 1.29 is 4.74 Å². The average molecular weight is 239 g/mol. The molecule has 0 unspecified atom stereocenters. The Bertz CT molecular complexity index is 374. The summed E-state index contributed by atoms with van der Waals surface area (Å²) < 4.78 is 5.48. The van der Waals surface area contributed by atoms with Gasteiger partial charge in [0.1, 0.15) is 12.4 Å². The first-order chi connectivity index (χ1) is 7.77. The molecule has 1 rings (SSSR count). The molecule has 4 heteroatoms. The molecule has 16 heavy (non-hydrogen) atoms. The summed E-state index contributed by atoms with van der Waals surface area (Å²) in [5, 5.41) is 12.4. The molecule has 0 atom stereocenters. The lowest BCUT2D eigenvalue weighted by Crippen LogP contribution is -2.21. The van der Waals surface area contributed by atoms with Crippen molar-refractivity contribution in [2.45, 2.75) is 13.3 Å². The predicted molar refractivity (Wildman–Crippen MR) is 64.8 cm³/mol. The van der Waals surface area contributed by atoms with Gasteiger partial charge in [0.2, 0.25) is 0 Å². The second-order valence-corrected chi connectivity index (χ2v) is 3.76. The van der Waals surface area contributed by atoms with Crippen LogP contribution in [0, 0.1) is 11.3 Å². The summed E-state index contributed by atoms with van der Waals surface area (Å²) in [6.07, 6.45) is 1.11. The molecule has 0 radical (unpaired) electrons. The molecule has 1 aromatic carbocycles. The molecule has 0 aromatic heterocycles. The molecule has 0 aliphatic carbocycles. The molecule has 0 saturated carbocycles. The van der Waals surface area contributed by atoms with E-state index in [0.717, 1.165) is 19.5 Å². The van der Waals surface area contributed by atoms with Gasteiger partial charge in [-0.3, -0.25) is 0 Å². The van der Waals surface area contributed by atoms with E-state index >= 15 is 0 Å². The summed E-state index contributed by atoms with van der Waals surface area (Å²) in [6.45, 7) is 4.48. The maximum absolute atomic E-state index is 8.67. The molecule has 1 aromatic rings. The molecule has 0 aliphatic rings. The molecule has 0 bridgehead atoms. The van der Waals surface area contributed by atoms with Crippen molar-refractivity contribution in [3.63, 3.8) is 0 Å². The molecule has 0 heterocycles. The SMILES string of the molecule is CCCNCCOc1ccc(C#N)cc1Cl. The summed E-state index contributed by atoms with van der Waals surface area (Å²) in [7, 11) is 0. The summed E-state index contributed by atoms with van der Waals surface area (Å²) in [6, 6.07) is 7.05. The van der Waals surface area contributed by atoms with Crippen LogP contribution in [-0.2, 0) is 0 Å². The van der Waals surface area contributed by atoms with Crippen LogP contribution in [0.2, 0.25) is 5.02 Å². The maximum atomic E-state index is 8.67. The summed E-state index contributed by atoms with van der Waals surface area (Å²) in [5.74, 6) is 0.624. The quantitative estimate of drug-likeness (QED) is 0.775. The van der Waals surface area contributed by atoms with Crippen LogP contribution in [0.15, 0.2) is 18.2 Å². The Labute approximate surface area is 101 Å². The van der Waals surface area contributed by atoms with E-state index in [1.807, 2.05) is 6.07 Å². The van der Waals surface area contributed by atoms with Crippen molar-refractivity contribution in [2.24, 2.45) is 0 Å². The third-order valence-corrected chi connectivity index (χ3v) is 2.32. The maximum Gasteiger partial charge on any atom is 0.138 e. The predicted octanol–water partition coefficient (Wildman–Crippen LogP) is 2.59. The van der Waals surface area contributed by atoms with Crippen LogP contribution in [0.5, 0.6) is 5.75 Å². The van der Waals surface area contributed by atoms with Gasteiger partial charge < -0.3 is 10.1 Å². The fraction of sp³-hybridized carbons (Fsp3) is 0.417. The lowest BCUT2D eigenvalue weighted by atomic mass is 10.2. The van der Waals surface area contributed by atoms with Crippen LogP contribution >= 0.6 is 11.6 Å². The number of nitrogens with zero attached hydrogens (tertiary/aromatic N) is 1. The minimum atomic E-state index is 0.481. The summed E-state index contributed by atoms with van der Waals surface area (Å²) in [5.41, 5.74) is 0.543. The highest BCUT2D eigenvalue weighted by Crippen LogP contribution is 2.24. The van der Waals surface area contributed by atoms with Gasteiger partial charge in [0.25, 0.3) is 0 Å². The van der Waals surface area contributed by atoms with Crippen LogP contribution in [-0.4, -0.2) is 19.7 Å². The number of rotatable bonds is 6. The van der Waals surface area contributed by atoms with Crippen LogP contribution in [0.4, 0.5) is 0 Å². The minimum absolute atomic E-state index is 0.481. The highest BCUT2D eigenvalue weighted by atomic mass is 35.5. The van der Waals surface area contributed by atoms with Crippen LogP contribution < -0.4 is 10.1 Å². The van der Waals surface area contributed by atoms with Gasteiger partial charge in [0.15, 0.2) is 0 Å². The van der Waals surface area contributed by atoms with Gasteiger partial charge in [-0.05, 0) is 31.2 Å². The monoisotopic (exact) mass is 238 g/mol. The van der Waals surface area contributed by atoms with Crippen molar-refractivity contribution in [1.82, 2.24) is 5.32 Å². The number of ether oxygens (including phenoxy) is 1. The van der Waals surface area contributed by atoms with Gasteiger partial charge in [0, 0.05) is 6.54 Å². The van der Waals surface area contributed by atoms with Crippen LogP contribution in [0.25, 0.3) is 0 Å². The van der Waals surface area contributed by atoms with Gasteiger partial charge in [-0.2, -0.15) is 5.26 Å². The highest BCUT2D eigenvalue weighted by Gasteiger charge is 2.02. The Morgan fingerprint density at radius 2 is 2.25 bits per heavy atom. The molecule has 0 saturated heterocycles. The molecule has 3 nitrogen and oxygen atoms in total. The van der Waals surface area contributed by atoms with Crippen LogP contribution in [0.3, 0.4) is 0 Å². The fourth-order valence-electron chi connectivity index (χ4n) is 1.22. The highest BCUT2D eigenvalue weighted by molar-refractivity contribution is 6.32. The molecule has 86 valence electrons. The minimum Gasteiger partial charge on any atom is -0.491 e. The number of halogens is 1. The number of nitrogens with one attached hydrogen (secondary N) is 1. The zero-order valence-corrected chi connectivity index (χ0v) is 10.0. The van der Waals surface area contributed by atoms with E-state index in [0.29, 0.717) is 22.9 Å². The number of hydrogen-bond acceptors (Lipinski definition) is 3.